The zero-order valence-electron chi connectivity index (χ0n) is 15.0. The Hall–Kier alpha value is -1.02. The molecule has 0 radical (unpaired) electrons. The van der Waals surface area contributed by atoms with Crippen molar-refractivity contribution in [3.63, 3.8) is 0 Å². The maximum Gasteiger partial charge on any atom is 0.0637 e. The van der Waals surface area contributed by atoms with Crippen LogP contribution in [0.4, 0.5) is 0 Å². The van der Waals surface area contributed by atoms with Gasteiger partial charge in [-0.15, -0.1) is 0 Å². The molecule has 0 aromatic carbocycles. The average molecular weight is 325 g/mol. The highest BCUT2D eigenvalue weighted by atomic mass is 15.2. The Kier molecular flexibility index (Phi) is 4.05. The van der Waals surface area contributed by atoms with Crippen molar-refractivity contribution in [2.45, 2.75) is 70.3 Å². The molecule has 1 saturated carbocycles. The molecule has 0 bridgehead atoms. The smallest absolute Gasteiger partial charge is 0.0637 e. The van der Waals surface area contributed by atoms with Gasteiger partial charge in [-0.05, 0) is 80.0 Å². The number of piperidine rings is 1. The van der Waals surface area contributed by atoms with E-state index < -0.39 is 0 Å². The van der Waals surface area contributed by atoms with E-state index in [1.54, 1.807) is 11.3 Å². The lowest BCUT2D eigenvalue weighted by atomic mass is 9.69. The third-order valence-corrected chi connectivity index (χ3v) is 7.34. The van der Waals surface area contributed by atoms with E-state index in [4.69, 9.17) is 0 Å². The van der Waals surface area contributed by atoms with E-state index in [1.165, 1.54) is 77.3 Å². The minimum absolute atomic E-state index is 0.658. The highest BCUT2D eigenvalue weighted by Gasteiger charge is 2.44. The summed E-state index contributed by atoms with van der Waals surface area (Å²) in [5, 5.41) is 3.68. The fraction of sp³-hybridized carbons (Fsp3) is 0.727. The maximum atomic E-state index is 3.68. The number of nitrogens with one attached hydrogen (secondary N) is 1. The zero-order valence-corrected chi connectivity index (χ0v) is 15.0. The van der Waals surface area contributed by atoms with Gasteiger partial charge in [-0.2, -0.15) is 0 Å². The first-order valence-electron chi connectivity index (χ1n) is 10.5. The van der Waals surface area contributed by atoms with Crippen molar-refractivity contribution in [2.24, 2.45) is 11.8 Å². The van der Waals surface area contributed by atoms with E-state index in [1.807, 2.05) is 11.1 Å². The summed E-state index contributed by atoms with van der Waals surface area (Å²) in [5.41, 5.74) is 7.24. The fourth-order valence-electron chi connectivity index (χ4n) is 6.26. The molecule has 130 valence electrons. The van der Waals surface area contributed by atoms with Gasteiger partial charge < -0.3 is 10.2 Å². The highest BCUT2D eigenvalue weighted by molar-refractivity contribution is 5.51. The Bertz CT molecular complexity index is 591. The van der Waals surface area contributed by atoms with Crippen LogP contribution in [0.15, 0.2) is 34.6 Å². The van der Waals surface area contributed by atoms with E-state index >= 15 is 0 Å². The summed E-state index contributed by atoms with van der Waals surface area (Å²) in [7, 11) is 0. The molecule has 3 heterocycles. The van der Waals surface area contributed by atoms with Crippen molar-refractivity contribution in [1.29, 1.82) is 0 Å². The quantitative estimate of drug-likeness (QED) is 0.712. The number of hydrogen-bond acceptors (Lipinski definition) is 2. The predicted octanol–water partition coefficient (Wildman–Crippen LogP) is 4.55. The first-order chi connectivity index (χ1) is 11.9. The van der Waals surface area contributed by atoms with Crippen LogP contribution in [0.25, 0.3) is 0 Å². The molecule has 1 N–H and O–H groups in total. The van der Waals surface area contributed by atoms with Crippen LogP contribution >= 0.6 is 0 Å². The number of nitrogens with zero attached hydrogens (tertiary/aromatic N) is 1. The fourth-order valence-corrected chi connectivity index (χ4v) is 6.26. The molecule has 0 amide bonds. The Morgan fingerprint density at radius 3 is 2.79 bits per heavy atom. The molecule has 1 saturated heterocycles. The van der Waals surface area contributed by atoms with Gasteiger partial charge in [0.15, 0.2) is 0 Å². The molecule has 2 heteroatoms. The van der Waals surface area contributed by atoms with Gasteiger partial charge >= 0.3 is 0 Å². The zero-order chi connectivity index (χ0) is 15.9. The number of rotatable bonds is 1. The molecule has 0 aromatic heterocycles. The summed E-state index contributed by atoms with van der Waals surface area (Å²) in [5.74, 6) is 1.86. The molecule has 3 aliphatic heterocycles. The monoisotopic (exact) mass is 324 g/mol. The molecule has 0 spiro atoms. The van der Waals surface area contributed by atoms with Gasteiger partial charge in [0.1, 0.15) is 0 Å². The van der Waals surface area contributed by atoms with Crippen molar-refractivity contribution in [1.82, 2.24) is 10.2 Å². The van der Waals surface area contributed by atoms with Gasteiger partial charge in [0.25, 0.3) is 0 Å². The molecule has 2 fully saturated rings. The Balaban J connectivity index is 1.58. The SMILES string of the molecule is C1=C\CN2C3=C(CC/1)CC[C@@H](C1CCCCC1)C3=C1CCNC[C@@H]12. The van der Waals surface area contributed by atoms with Crippen molar-refractivity contribution in [2.75, 3.05) is 19.6 Å². The molecular weight excluding hydrogens is 292 g/mol. The lowest BCUT2D eigenvalue weighted by molar-refractivity contribution is 0.251. The molecule has 0 unspecified atom stereocenters. The third kappa shape index (κ3) is 2.41. The van der Waals surface area contributed by atoms with Crippen LogP contribution < -0.4 is 5.32 Å². The minimum atomic E-state index is 0.658. The Morgan fingerprint density at radius 1 is 0.958 bits per heavy atom. The predicted molar refractivity (Wildman–Crippen MR) is 99.7 cm³/mol. The van der Waals surface area contributed by atoms with E-state index in [0.717, 1.165) is 18.4 Å². The number of hydrogen-bond donors (Lipinski definition) is 1. The second kappa shape index (κ2) is 6.37. The van der Waals surface area contributed by atoms with Gasteiger partial charge in [0.2, 0.25) is 0 Å². The van der Waals surface area contributed by atoms with Crippen molar-refractivity contribution < 1.29 is 0 Å². The van der Waals surface area contributed by atoms with Crippen molar-refractivity contribution >= 4 is 0 Å². The molecule has 0 aromatic rings. The minimum Gasteiger partial charge on any atom is -0.360 e. The second-order valence-corrected chi connectivity index (χ2v) is 8.57. The van der Waals surface area contributed by atoms with Gasteiger partial charge in [-0.25, -0.2) is 0 Å². The molecule has 5 rings (SSSR count). The Labute approximate surface area is 147 Å². The standard InChI is InChI=1S/C22H32N2/c1-3-7-16(8-4-1)18-11-10-17-9-5-2-6-14-24-20-15-23-13-12-19(20)21(18)22(17)24/h2,6,16,18,20,23H,1,3-5,7-15H2/b6-2-/t18-,20-/m0/s1. The largest absolute Gasteiger partial charge is 0.360 e. The molecule has 5 aliphatic rings. The molecule has 2 aliphatic carbocycles. The summed E-state index contributed by atoms with van der Waals surface area (Å²) < 4.78 is 0. The maximum absolute atomic E-state index is 3.68. The summed E-state index contributed by atoms with van der Waals surface area (Å²) in [6.45, 7) is 3.50. The molecule has 24 heavy (non-hydrogen) atoms. The van der Waals surface area contributed by atoms with Crippen LogP contribution in [0.2, 0.25) is 0 Å². The Morgan fingerprint density at radius 2 is 1.88 bits per heavy atom. The lowest BCUT2D eigenvalue weighted by Crippen LogP contribution is -2.43. The number of allylic oxidation sites excluding steroid dienone is 3. The van der Waals surface area contributed by atoms with Crippen molar-refractivity contribution in [3.8, 4) is 0 Å². The van der Waals surface area contributed by atoms with Crippen molar-refractivity contribution in [3.05, 3.63) is 34.6 Å². The highest BCUT2D eigenvalue weighted by Crippen LogP contribution is 2.52. The van der Waals surface area contributed by atoms with E-state index in [-0.39, 0.29) is 0 Å². The number of fused-ring (bicyclic) bond motifs is 2. The van der Waals surface area contributed by atoms with E-state index in [2.05, 4.69) is 22.4 Å². The van der Waals surface area contributed by atoms with Gasteiger partial charge in [0, 0.05) is 18.8 Å². The summed E-state index contributed by atoms with van der Waals surface area (Å²) in [4.78, 5) is 2.79. The van der Waals surface area contributed by atoms with Crippen LogP contribution in [-0.2, 0) is 0 Å². The molecule has 2 nitrogen and oxygen atoms in total. The first kappa shape index (κ1) is 15.3. The van der Waals surface area contributed by atoms with Crippen LogP contribution in [0.1, 0.15) is 64.2 Å². The lowest BCUT2D eigenvalue weighted by Gasteiger charge is -2.39. The molecular formula is C22H32N2. The second-order valence-electron chi connectivity index (χ2n) is 8.57. The van der Waals surface area contributed by atoms with Crippen LogP contribution in [0, 0.1) is 11.8 Å². The van der Waals surface area contributed by atoms with Gasteiger partial charge in [0.05, 0.1) is 6.04 Å². The van der Waals surface area contributed by atoms with Crippen LogP contribution in [0.5, 0.6) is 0 Å². The van der Waals surface area contributed by atoms with Gasteiger partial charge in [-0.1, -0.05) is 31.4 Å². The topological polar surface area (TPSA) is 15.3 Å². The first-order valence-corrected chi connectivity index (χ1v) is 10.5. The summed E-state index contributed by atoms with van der Waals surface area (Å²) in [6, 6.07) is 0.658. The summed E-state index contributed by atoms with van der Waals surface area (Å²) in [6.07, 6.45) is 18.9. The van der Waals surface area contributed by atoms with Gasteiger partial charge in [-0.3, -0.25) is 0 Å². The van der Waals surface area contributed by atoms with Crippen LogP contribution in [-0.4, -0.2) is 30.6 Å². The van der Waals surface area contributed by atoms with E-state index in [0.29, 0.717) is 6.04 Å². The average Bonchev–Trinajstić information content (AvgIpc) is 2.95. The van der Waals surface area contributed by atoms with E-state index in [9.17, 15) is 0 Å². The molecule has 2 atom stereocenters. The summed E-state index contributed by atoms with van der Waals surface area (Å²) >= 11 is 0. The third-order valence-electron chi connectivity index (χ3n) is 7.34. The normalized spacial score (nSPS) is 35.4. The van der Waals surface area contributed by atoms with Crippen LogP contribution in [0.3, 0.4) is 0 Å².